The minimum Gasteiger partial charge on any atom is -0.479 e. The van der Waals surface area contributed by atoms with Crippen molar-refractivity contribution in [3.8, 4) is 23.1 Å². The minimum absolute atomic E-state index is 0.0262. The molecule has 25 heavy (non-hydrogen) atoms. The third-order valence-electron chi connectivity index (χ3n) is 4.01. The monoisotopic (exact) mass is 355 g/mol. The molecule has 7 heteroatoms. The average Bonchev–Trinajstić information content (AvgIpc) is 3.01. The quantitative estimate of drug-likeness (QED) is 0.718. The van der Waals surface area contributed by atoms with Crippen LogP contribution in [0.5, 0.6) is 5.88 Å². The predicted molar refractivity (Wildman–Crippen MR) is 94.4 cm³/mol. The molecule has 0 aliphatic rings. The SMILES string of the molecule is CCc1ccc2c(-c3cccc(C#N)c3)c(S(C)(=O)=O)c(OC)nn12. The van der Waals surface area contributed by atoms with Crippen molar-refractivity contribution < 1.29 is 13.2 Å². The summed E-state index contributed by atoms with van der Waals surface area (Å²) in [6, 6.07) is 12.7. The van der Waals surface area contributed by atoms with Gasteiger partial charge in [-0.15, -0.1) is 5.10 Å². The molecule has 2 aromatic heterocycles. The number of nitrogens with zero attached hydrogens (tertiary/aromatic N) is 3. The number of aromatic nitrogens is 2. The van der Waals surface area contributed by atoms with Gasteiger partial charge in [-0.25, -0.2) is 12.9 Å². The van der Waals surface area contributed by atoms with E-state index in [1.165, 1.54) is 7.11 Å². The van der Waals surface area contributed by atoms with Crippen LogP contribution >= 0.6 is 0 Å². The Morgan fingerprint density at radius 2 is 2.04 bits per heavy atom. The summed E-state index contributed by atoms with van der Waals surface area (Å²) in [5.41, 5.74) is 3.17. The number of methoxy groups -OCH3 is 1. The van der Waals surface area contributed by atoms with Crippen molar-refractivity contribution in [3.05, 3.63) is 47.7 Å². The first-order valence-corrected chi connectivity index (χ1v) is 9.59. The van der Waals surface area contributed by atoms with Crippen molar-refractivity contribution in [2.24, 2.45) is 0 Å². The van der Waals surface area contributed by atoms with Gasteiger partial charge in [-0.1, -0.05) is 19.1 Å². The van der Waals surface area contributed by atoms with Crippen LogP contribution in [-0.4, -0.2) is 31.4 Å². The summed E-state index contributed by atoms with van der Waals surface area (Å²) in [4.78, 5) is 0.0262. The second-order valence-corrected chi connectivity index (χ2v) is 7.61. The second-order valence-electron chi connectivity index (χ2n) is 5.65. The maximum atomic E-state index is 12.5. The summed E-state index contributed by atoms with van der Waals surface area (Å²) in [6.07, 6.45) is 1.87. The van der Waals surface area contributed by atoms with E-state index in [-0.39, 0.29) is 10.8 Å². The van der Waals surface area contributed by atoms with Gasteiger partial charge in [0.2, 0.25) is 0 Å². The van der Waals surface area contributed by atoms with Crippen molar-refractivity contribution in [1.82, 2.24) is 9.61 Å². The molecule has 0 amide bonds. The van der Waals surface area contributed by atoms with Crippen LogP contribution < -0.4 is 4.74 Å². The van der Waals surface area contributed by atoms with Gasteiger partial charge in [0.25, 0.3) is 5.88 Å². The van der Waals surface area contributed by atoms with Gasteiger partial charge in [0.05, 0.1) is 24.3 Å². The zero-order valence-corrected chi connectivity index (χ0v) is 15.0. The molecule has 0 radical (unpaired) electrons. The Kier molecular flexibility index (Phi) is 4.23. The number of benzene rings is 1. The third kappa shape index (κ3) is 2.85. The topological polar surface area (TPSA) is 84.5 Å². The van der Waals surface area contributed by atoms with Crippen LogP contribution in [0.15, 0.2) is 41.3 Å². The van der Waals surface area contributed by atoms with Crippen molar-refractivity contribution in [1.29, 1.82) is 5.26 Å². The Morgan fingerprint density at radius 1 is 1.28 bits per heavy atom. The number of fused-ring (bicyclic) bond motifs is 1. The summed E-state index contributed by atoms with van der Waals surface area (Å²) in [5.74, 6) is 0.0401. The molecule has 2 heterocycles. The Morgan fingerprint density at radius 3 is 2.64 bits per heavy atom. The summed E-state index contributed by atoms with van der Waals surface area (Å²) in [6.45, 7) is 2.00. The smallest absolute Gasteiger partial charge is 0.251 e. The fourth-order valence-electron chi connectivity index (χ4n) is 2.91. The first-order valence-electron chi connectivity index (χ1n) is 7.70. The summed E-state index contributed by atoms with van der Waals surface area (Å²) < 4.78 is 32.0. The fraction of sp³-hybridized carbons (Fsp3) is 0.222. The van der Waals surface area contributed by atoms with E-state index >= 15 is 0 Å². The largest absolute Gasteiger partial charge is 0.479 e. The standard InChI is InChI=1S/C18H17N3O3S/c1-4-14-8-9-15-16(13-7-5-6-12(10-13)11-19)17(25(3,22)23)18(24-2)20-21(14)15/h5-10H,4H2,1-3H3. The van der Waals surface area contributed by atoms with Crippen molar-refractivity contribution >= 4 is 15.4 Å². The van der Waals surface area contributed by atoms with Gasteiger partial charge in [-0.2, -0.15) is 5.26 Å². The predicted octanol–water partition coefficient (Wildman–Crippen LogP) is 2.85. The molecule has 1 aromatic carbocycles. The van der Waals surface area contributed by atoms with E-state index in [0.29, 0.717) is 22.2 Å². The van der Waals surface area contributed by atoms with Gasteiger partial charge in [0.15, 0.2) is 9.84 Å². The second kappa shape index (κ2) is 6.22. The van der Waals surface area contributed by atoms with Gasteiger partial charge < -0.3 is 4.74 Å². The molecule has 0 aliphatic heterocycles. The number of nitriles is 1. The summed E-state index contributed by atoms with van der Waals surface area (Å²) in [7, 11) is -2.22. The highest BCUT2D eigenvalue weighted by atomic mass is 32.2. The molecule has 3 aromatic rings. The lowest BCUT2D eigenvalue weighted by Crippen LogP contribution is -2.10. The zero-order valence-electron chi connectivity index (χ0n) is 14.1. The zero-order chi connectivity index (χ0) is 18.2. The van der Waals surface area contributed by atoms with Crippen molar-refractivity contribution in [2.45, 2.75) is 18.2 Å². The molecular weight excluding hydrogens is 338 g/mol. The molecule has 0 bridgehead atoms. The summed E-state index contributed by atoms with van der Waals surface area (Å²) >= 11 is 0. The van der Waals surface area contributed by atoms with Crippen molar-refractivity contribution in [3.63, 3.8) is 0 Å². The fourth-order valence-corrected chi connectivity index (χ4v) is 3.94. The molecule has 3 rings (SSSR count). The molecule has 0 unspecified atom stereocenters. The number of hydrogen-bond acceptors (Lipinski definition) is 5. The Labute approximate surface area is 146 Å². The molecule has 0 aliphatic carbocycles. The maximum Gasteiger partial charge on any atom is 0.251 e. The first-order chi connectivity index (χ1) is 11.9. The van der Waals surface area contributed by atoms with Gasteiger partial charge >= 0.3 is 0 Å². The van der Waals surface area contributed by atoms with E-state index in [9.17, 15) is 13.7 Å². The number of aryl methyl sites for hydroxylation is 1. The van der Waals surface area contributed by atoms with Crippen LogP contribution in [0.25, 0.3) is 16.6 Å². The van der Waals surface area contributed by atoms with Gasteiger partial charge in [-0.05, 0) is 36.2 Å². The van der Waals surface area contributed by atoms with Crippen LogP contribution in [0, 0.1) is 11.3 Å². The molecule has 6 nitrogen and oxygen atoms in total. The van der Waals surface area contributed by atoms with Gasteiger partial charge in [0.1, 0.15) is 4.90 Å². The Bertz CT molecular complexity index is 1110. The highest BCUT2D eigenvalue weighted by Crippen LogP contribution is 2.37. The van der Waals surface area contributed by atoms with Crippen LogP contribution in [0.3, 0.4) is 0 Å². The number of ether oxygens (including phenoxy) is 1. The van der Waals surface area contributed by atoms with E-state index in [1.54, 1.807) is 28.8 Å². The minimum atomic E-state index is -3.62. The van der Waals surface area contributed by atoms with Gasteiger partial charge in [-0.3, -0.25) is 0 Å². The van der Waals surface area contributed by atoms with E-state index in [1.807, 2.05) is 19.1 Å². The molecule has 0 spiro atoms. The van der Waals surface area contributed by atoms with Gasteiger partial charge in [0, 0.05) is 17.5 Å². The Hall–Kier alpha value is -2.85. The number of rotatable bonds is 4. The maximum absolute atomic E-state index is 12.5. The number of hydrogen-bond donors (Lipinski definition) is 0. The summed E-state index contributed by atoms with van der Waals surface area (Å²) in [5, 5.41) is 13.6. The van der Waals surface area contributed by atoms with Crippen molar-refractivity contribution in [2.75, 3.05) is 13.4 Å². The van der Waals surface area contributed by atoms with Crippen LogP contribution in [0.1, 0.15) is 18.2 Å². The van der Waals surface area contributed by atoms with Crippen LogP contribution in [0.4, 0.5) is 0 Å². The average molecular weight is 355 g/mol. The van der Waals surface area contributed by atoms with Crippen LogP contribution in [-0.2, 0) is 16.3 Å². The highest BCUT2D eigenvalue weighted by molar-refractivity contribution is 7.91. The molecule has 0 saturated carbocycles. The normalized spacial score (nSPS) is 11.4. The molecule has 0 N–H and O–H groups in total. The molecular formula is C18H17N3O3S. The molecule has 0 atom stereocenters. The van der Waals surface area contributed by atoms with E-state index in [0.717, 1.165) is 18.4 Å². The molecule has 0 saturated heterocycles. The lowest BCUT2D eigenvalue weighted by molar-refractivity contribution is 0.377. The lowest BCUT2D eigenvalue weighted by atomic mass is 10.0. The van der Waals surface area contributed by atoms with E-state index in [2.05, 4.69) is 11.2 Å². The first kappa shape index (κ1) is 17.0. The third-order valence-corrected chi connectivity index (χ3v) is 5.13. The van der Waals surface area contributed by atoms with E-state index < -0.39 is 9.84 Å². The van der Waals surface area contributed by atoms with E-state index in [4.69, 9.17) is 4.74 Å². The Balaban J connectivity index is 2.53. The number of sulfone groups is 1. The van der Waals surface area contributed by atoms with Crippen LogP contribution in [0.2, 0.25) is 0 Å². The highest BCUT2D eigenvalue weighted by Gasteiger charge is 2.26. The lowest BCUT2D eigenvalue weighted by Gasteiger charge is -2.15. The molecule has 0 fully saturated rings. The molecule has 128 valence electrons.